The summed E-state index contributed by atoms with van der Waals surface area (Å²) in [5.74, 6) is 0. The second-order valence-corrected chi connectivity index (χ2v) is 3.09. The first-order valence-electron chi connectivity index (χ1n) is 4.04. The molecule has 0 aliphatic heterocycles. The minimum absolute atomic E-state index is 0.0349. The SMILES string of the molecule is Cc1cc(C(F)(F)F)nc2cc(=O)[nH]n12. The second-order valence-electron chi connectivity index (χ2n) is 3.09. The van der Waals surface area contributed by atoms with Crippen molar-refractivity contribution >= 4 is 5.65 Å². The third-order valence-electron chi connectivity index (χ3n) is 1.94. The Labute approximate surface area is 81.3 Å². The first-order valence-corrected chi connectivity index (χ1v) is 4.04. The molecule has 15 heavy (non-hydrogen) atoms. The molecule has 80 valence electrons. The summed E-state index contributed by atoms with van der Waals surface area (Å²) in [7, 11) is 0. The number of hydrogen-bond donors (Lipinski definition) is 1. The van der Waals surface area contributed by atoms with Gasteiger partial charge in [0.2, 0.25) is 0 Å². The van der Waals surface area contributed by atoms with Crippen LogP contribution in [-0.4, -0.2) is 14.6 Å². The van der Waals surface area contributed by atoms with Crippen LogP contribution in [0.25, 0.3) is 5.65 Å². The van der Waals surface area contributed by atoms with Gasteiger partial charge < -0.3 is 0 Å². The molecule has 2 aromatic rings. The van der Waals surface area contributed by atoms with Crippen LogP contribution in [0.5, 0.6) is 0 Å². The van der Waals surface area contributed by atoms with Crippen molar-refractivity contribution in [2.24, 2.45) is 0 Å². The predicted octanol–water partition coefficient (Wildman–Crippen LogP) is 1.35. The number of alkyl halides is 3. The topological polar surface area (TPSA) is 50.2 Å². The van der Waals surface area contributed by atoms with E-state index in [1.807, 2.05) is 0 Å². The van der Waals surface area contributed by atoms with E-state index < -0.39 is 17.4 Å². The molecule has 1 N–H and O–H groups in total. The molecule has 2 aromatic heterocycles. The molecule has 2 rings (SSSR count). The fourth-order valence-corrected chi connectivity index (χ4v) is 1.30. The van der Waals surface area contributed by atoms with Crippen LogP contribution in [-0.2, 0) is 6.18 Å². The zero-order chi connectivity index (χ0) is 11.2. The number of aromatic amines is 1. The van der Waals surface area contributed by atoms with E-state index in [4.69, 9.17) is 0 Å². The Morgan fingerprint density at radius 3 is 2.67 bits per heavy atom. The molecule has 0 saturated carbocycles. The molecule has 0 bridgehead atoms. The van der Waals surface area contributed by atoms with Gasteiger partial charge in [-0.3, -0.25) is 9.89 Å². The Morgan fingerprint density at radius 1 is 1.40 bits per heavy atom. The Kier molecular flexibility index (Phi) is 1.85. The number of hydrogen-bond acceptors (Lipinski definition) is 2. The molecule has 0 fully saturated rings. The lowest BCUT2D eigenvalue weighted by Gasteiger charge is -2.07. The summed E-state index contributed by atoms with van der Waals surface area (Å²) in [6.45, 7) is 1.46. The van der Waals surface area contributed by atoms with E-state index in [1.165, 1.54) is 11.4 Å². The van der Waals surface area contributed by atoms with Gasteiger partial charge in [0.1, 0.15) is 5.69 Å². The quantitative estimate of drug-likeness (QED) is 0.724. The minimum atomic E-state index is -4.50. The highest BCUT2D eigenvalue weighted by molar-refractivity contribution is 5.39. The molecule has 2 heterocycles. The lowest BCUT2D eigenvalue weighted by molar-refractivity contribution is -0.141. The standard InChI is InChI=1S/C8H6F3N3O/c1-4-2-5(8(9,10)11)12-6-3-7(15)13-14(4)6/h2-3H,1H3,(H,13,15). The van der Waals surface area contributed by atoms with Crippen LogP contribution in [0.1, 0.15) is 11.4 Å². The molecule has 0 atom stereocenters. The molecule has 4 nitrogen and oxygen atoms in total. The zero-order valence-corrected chi connectivity index (χ0v) is 7.59. The number of nitrogens with zero attached hydrogens (tertiary/aromatic N) is 2. The minimum Gasteiger partial charge on any atom is -0.268 e. The van der Waals surface area contributed by atoms with Gasteiger partial charge in [-0.1, -0.05) is 0 Å². The summed E-state index contributed by atoms with van der Waals surface area (Å²) >= 11 is 0. The summed E-state index contributed by atoms with van der Waals surface area (Å²) in [6.07, 6.45) is -4.50. The van der Waals surface area contributed by atoms with Gasteiger partial charge >= 0.3 is 6.18 Å². The first kappa shape index (κ1) is 9.75. The van der Waals surface area contributed by atoms with Crippen molar-refractivity contribution in [3.8, 4) is 0 Å². The van der Waals surface area contributed by atoms with E-state index in [2.05, 4.69) is 10.1 Å². The van der Waals surface area contributed by atoms with Gasteiger partial charge in [-0.2, -0.15) is 13.2 Å². The highest BCUT2D eigenvalue weighted by Crippen LogP contribution is 2.28. The normalized spacial score (nSPS) is 12.3. The van der Waals surface area contributed by atoms with Crippen LogP contribution >= 0.6 is 0 Å². The van der Waals surface area contributed by atoms with E-state index in [9.17, 15) is 18.0 Å². The molecule has 0 aliphatic rings. The van der Waals surface area contributed by atoms with Crippen molar-refractivity contribution in [3.05, 3.63) is 33.9 Å². The van der Waals surface area contributed by atoms with Gasteiger partial charge in [-0.15, -0.1) is 0 Å². The largest absolute Gasteiger partial charge is 0.433 e. The van der Waals surface area contributed by atoms with Crippen LogP contribution in [0.15, 0.2) is 16.9 Å². The lowest BCUT2D eigenvalue weighted by Crippen LogP contribution is -2.10. The van der Waals surface area contributed by atoms with Gasteiger partial charge in [0.25, 0.3) is 5.56 Å². The number of aryl methyl sites for hydroxylation is 1. The summed E-state index contributed by atoms with van der Waals surface area (Å²) in [5.41, 5.74) is -1.24. The highest BCUT2D eigenvalue weighted by atomic mass is 19.4. The van der Waals surface area contributed by atoms with Gasteiger partial charge in [0.15, 0.2) is 5.65 Å². The molecule has 0 saturated heterocycles. The predicted molar refractivity (Wildman–Crippen MR) is 45.6 cm³/mol. The lowest BCUT2D eigenvalue weighted by atomic mass is 10.3. The van der Waals surface area contributed by atoms with Crippen molar-refractivity contribution < 1.29 is 13.2 Å². The summed E-state index contributed by atoms with van der Waals surface area (Å²) in [4.78, 5) is 14.2. The van der Waals surface area contributed by atoms with E-state index >= 15 is 0 Å². The summed E-state index contributed by atoms with van der Waals surface area (Å²) < 4.78 is 38.2. The summed E-state index contributed by atoms with van der Waals surface area (Å²) in [6, 6.07) is 1.89. The molecule has 7 heteroatoms. The van der Waals surface area contributed by atoms with Crippen molar-refractivity contribution in [2.75, 3.05) is 0 Å². The number of H-pyrrole nitrogens is 1. The number of aromatic nitrogens is 3. The number of rotatable bonds is 0. The third-order valence-corrected chi connectivity index (χ3v) is 1.94. The van der Waals surface area contributed by atoms with Crippen LogP contribution in [0, 0.1) is 6.92 Å². The van der Waals surface area contributed by atoms with Gasteiger partial charge in [-0.05, 0) is 13.0 Å². The molecular formula is C8H6F3N3O. The van der Waals surface area contributed by atoms with Crippen molar-refractivity contribution in [2.45, 2.75) is 13.1 Å². The number of fused-ring (bicyclic) bond motifs is 1. The number of nitrogens with one attached hydrogen (secondary N) is 1. The average Bonchev–Trinajstić information content (AvgIpc) is 2.44. The van der Waals surface area contributed by atoms with E-state index in [-0.39, 0.29) is 11.3 Å². The van der Waals surface area contributed by atoms with Gasteiger partial charge in [-0.25, -0.2) is 9.50 Å². The zero-order valence-electron chi connectivity index (χ0n) is 7.59. The molecule has 0 radical (unpaired) electrons. The maximum atomic E-state index is 12.3. The van der Waals surface area contributed by atoms with Gasteiger partial charge in [0, 0.05) is 11.8 Å². The number of halogens is 3. The Bertz CT molecular complexity index is 566. The highest BCUT2D eigenvalue weighted by Gasteiger charge is 2.33. The fourth-order valence-electron chi connectivity index (χ4n) is 1.30. The molecule has 0 amide bonds. The second kappa shape index (κ2) is 2.85. The molecular weight excluding hydrogens is 211 g/mol. The molecule has 0 aliphatic carbocycles. The van der Waals surface area contributed by atoms with Crippen LogP contribution in [0.3, 0.4) is 0 Å². The monoisotopic (exact) mass is 217 g/mol. The van der Waals surface area contributed by atoms with Crippen molar-refractivity contribution in [1.29, 1.82) is 0 Å². The van der Waals surface area contributed by atoms with Crippen LogP contribution < -0.4 is 5.56 Å². The first-order chi connectivity index (χ1) is 6.88. The molecule has 0 aromatic carbocycles. The maximum absolute atomic E-state index is 12.3. The van der Waals surface area contributed by atoms with E-state index in [0.717, 1.165) is 12.1 Å². The van der Waals surface area contributed by atoms with Crippen LogP contribution in [0.4, 0.5) is 13.2 Å². The van der Waals surface area contributed by atoms with E-state index in [0.29, 0.717) is 0 Å². The van der Waals surface area contributed by atoms with Crippen molar-refractivity contribution in [3.63, 3.8) is 0 Å². The third kappa shape index (κ3) is 1.60. The van der Waals surface area contributed by atoms with E-state index in [1.54, 1.807) is 0 Å². The van der Waals surface area contributed by atoms with Crippen molar-refractivity contribution in [1.82, 2.24) is 14.6 Å². The smallest absolute Gasteiger partial charge is 0.268 e. The average molecular weight is 217 g/mol. The molecule has 0 unspecified atom stereocenters. The molecule has 0 spiro atoms. The Hall–Kier alpha value is -1.79. The Morgan fingerprint density at radius 2 is 2.07 bits per heavy atom. The van der Waals surface area contributed by atoms with Crippen LogP contribution in [0.2, 0.25) is 0 Å². The van der Waals surface area contributed by atoms with Gasteiger partial charge in [0.05, 0.1) is 0 Å². The summed E-state index contributed by atoms with van der Waals surface area (Å²) in [5, 5.41) is 2.34. The fraction of sp³-hybridized carbons (Fsp3) is 0.250. The maximum Gasteiger partial charge on any atom is 0.433 e. The Balaban J connectivity index is 2.78.